The molecule has 1 amide bonds. The van der Waals surface area contributed by atoms with Gasteiger partial charge in [0.1, 0.15) is 0 Å². The lowest BCUT2D eigenvalue weighted by Gasteiger charge is -2.05. The van der Waals surface area contributed by atoms with Crippen molar-refractivity contribution in [1.29, 1.82) is 0 Å². The van der Waals surface area contributed by atoms with Gasteiger partial charge in [-0.1, -0.05) is 53.7 Å². The number of rotatable bonds is 4. The number of allylic oxidation sites excluding steroid dienone is 1. The average Bonchev–Trinajstić information content (AvgIpc) is 2.17. The largest absolute Gasteiger partial charge is 0.326 e. The summed E-state index contributed by atoms with van der Waals surface area (Å²) in [6.07, 6.45) is 4.15. The number of carbonyl (C=O) groups excluding carboxylic acids is 1. The van der Waals surface area contributed by atoms with Crippen LogP contribution < -0.4 is 5.32 Å². The summed E-state index contributed by atoms with van der Waals surface area (Å²) < 4.78 is 0. The van der Waals surface area contributed by atoms with Crippen LogP contribution in [0.3, 0.4) is 0 Å². The molecular weight excluding hydrogens is 174 g/mol. The zero-order chi connectivity index (χ0) is 11.6. The highest BCUT2D eigenvalue weighted by molar-refractivity contribution is 5.79. The van der Waals surface area contributed by atoms with Gasteiger partial charge >= 0.3 is 0 Å². The summed E-state index contributed by atoms with van der Waals surface area (Å²) in [5.41, 5.74) is 0.554. The minimum atomic E-state index is -0.0232. The standard InChI is InChI=1S/C8H13NO.C4H10/c1-5-7(4)9-8(10)6(2)3;1-3-4-2/h5-6H,1,4H2,2-3H3,(H,9,10);3-4H2,1-2H3. The Morgan fingerprint density at radius 1 is 1.36 bits per heavy atom. The third-order valence-electron chi connectivity index (χ3n) is 1.55. The first-order valence-corrected chi connectivity index (χ1v) is 5.11. The second-order valence-electron chi connectivity index (χ2n) is 3.37. The lowest BCUT2D eigenvalue weighted by Crippen LogP contribution is -2.25. The van der Waals surface area contributed by atoms with Gasteiger partial charge in [-0.25, -0.2) is 0 Å². The Morgan fingerprint density at radius 3 is 2.00 bits per heavy atom. The SMILES string of the molecule is C=CC(=C)NC(=O)C(C)C.CCCC. The predicted molar refractivity (Wildman–Crippen MR) is 62.9 cm³/mol. The first-order valence-electron chi connectivity index (χ1n) is 5.11. The topological polar surface area (TPSA) is 29.1 Å². The Labute approximate surface area is 88.1 Å². The summed E-state index contributed by atoms with van der Waals surface area (Å²) in [5, 5.41) is 2.58. The van der Waals surface area contributed by atoms with Crippen LogP contribution in [0.25, 0.3) is 0 Å². The van der Waals surface area contributed by atoms with E-state index in [1.54, 1.807) is 0 Å². The van der Waals surface area contributed by atoms with Crippen LogP contribution >= 0.6 is 0 Å². The van der Waals surface area contributed by atoms with Crippen molar-refractivity contribution in [1.82, 2.24) is 5.32 Å². The van der Waals surface area contributed by atoms with Gasteiger partial charge in [0.05, 0.1) is 0 Å². The molecule has 0 aromatic heterocycles. The van der Waals surface area contributed by atoms with Crippen molar-refractivity contribution < 1.29 is 4.79 Å². The third kappa shape index (κ3) is 11.0. The highest BCUT2D eigenvalue weighted by atomic mass is 16.1. The van der Waals surface area contributed by atoms with Crippen LogP contribution in [-0.4, -0.2) is 5.91 Å². The van der Waals surface area contributed by atoms with Crippen LogP contribution in [0.1, 0.15) is 40.5 Å². The molecule has 0 aromatic carbocycles. The molecule has 2 nitrogen and oxygen atoms in total. The van der Waals surface area contributed by atoms with Crippen molar-refractivity contribution >= 4 is 5.91 Å². The van der Waals surface area contributed by atoms with E-state index in [2.05, 4.69) is 32.3 Å². The molecule has 14 heavy (non-hydrogen) atoms. The molecule has 0 aromatic rings. The van der Waals surface area contributed by atoms with E-state index in [1.807, 2.05) is 13.8 Å². The Kier molecular flexibility index (Phi) is 11.1. The minimum Gasteiger partial charge on any atom is -0.326 e. The van der Waals surface area contributed by atoms with Crippen molar-refractivity contribution in [2.45, 2.75) is 40.5 Å². The molecule has 0 fully saturated rings. The molecule has 0 heterocycles. The van der Waals surface area contributed by atoms with Gasteiger partial charge in [0.15, 0.2) is 0 Å². The molecular formula is C12H23NO. The van der Waals surface area contributed by atoms with Gasteiger partial charge in [0.2, 0.25) is 5.91 Å². The summed E-state index contributed by atoms with van der Waals surface area (Å²) >= 11 is 0. The Bertz CT molecular complexity index is 181. The van der Waals surface area contributed by atoms with Crippen LogP contribution in [0, 0.1) is 5.92 Å². The van der Waals surface area contributed by atoms with Crippen LogP contribution in [0.15, 0.2) is 24.9 Å². The van der Waals surface area contributed by atoms with Gasteiger partial charge in [-0.05, 0) is 6.08 Å². The normalized spacial score (nSPS) is 8.64. The van der Waals surface area contributed by atoms with Crippen LogP contribution in [0.5, 0.6) is 0 Å². The van der Waals surface area contributed by atoms with Crippen molar-refractivity contribution in [2.75, 3.05) is 0 Å². The van der Waals surface area contributed by atoms with Crippen molar-refractivity contribution in [3.05, 3.63) is 24.9 Å². The van der Waals surface area contributed by atoms with Gasteiger partial charge in [0, 0.05) is 11.6 Å². The number of hydrogen-bond acceptors (Lipinski definition) is 1. The molecule has 2 heteroatoms. The average molecular weight is 197 g/mol. The molecule has 0 unspecified atom stereocenters. The molecule has 0 aliphatic carbocycles. The summed E-state index contributed by atoms with van der Waals surface area (Å²) in [6, 6.07) is 0. The maximum atomic E-state index is 10.9. The van der Waals surface area contributed by atoms with E-state index in [-0.39, 0.29) is 11.8 Å². The summed E-state index contributed by atoms with van der Waals surface area (Å²) in [7, 11) is 0. The molecule has 82 valence electrons. The van der Waals surface area contributed by atoms with Gasteiger partial charge < -0.3 is 5.32 Å². The van der Waals surface area contributed by atoms with E-state index in [4.69, 9.17) is 0 Å². The fraction of sp³-hybridized carbons (Fsp3) is 0.583. The third-order valence-corrected chi connectivity index (χ3v) is 1.55. The Balaban J connectivity index is 0. The predicted octanol–water partition coefficient (Wildman–Crippen LogP) is 3.26. The van der Waals surface area contributed by atoms with Crippen molar-refractivity contribution in [2.24, 2.45) is 5.92 Å². The number of amides is 1. The zero-order valence-corrected chi connectivity index (χ0v) is 9.89. The molecule has 0 aliphatic heterocycles. The molecule has 0 atom stereocenters. The second-order valence-corrected chi connectivity index (χ2v) is 3.37. The molecule has 1 N–H and O–H groups in total. The highest BCUT2D eigenvalue weighted by Gasteiger charge is 2.04. The van der Waals surface area contributed by atoms with Gasteiger partial charge in [-0.2, -0.15) is 0 Å². The number of hydrogen-bond donors (Lipinski definition) is 1. The van der Waals surface area contributed by atoms with Gasteiger partial charge in [0.25, 0.3) is 0 Å². The van der Waals surface area contributed by atoms with Gasteiger partial charge in [-0.15, -0.1) is 0 Å². The number of unbranched alkanes of at least 4 members (excludes halogenated alkanes) is 1. The molecule has 0 rings (SSSR count). The second kappa shape index (κ2) is 10.0. The van der Waals surface area contributed by atoms with E-state index in [9.17, 15) is 4.79 Å². The number of carbonyl (C=O) groups is 1. The van der Waals surface area contributed by atoms with E-state index in [0.29, 0.717) is 5.70 Å². The fourth-order valence-corrected chi connectivity index (χ4v) is 0.354. The van der Waals surface area contributed by atoms with E-state index in [0.717, 1.165) is 0 Å². The maximum absolute atomic E-state index is 10.9. The number of nitrogens with one attached hydrogen (secondary N) is 1. The smallest absolute Gasteiger partial charge is 0.226 e. The van der Waals surface area contributed by atoms with E-state index in [1.165, 1.54) is 18.9 Å². The van der Waals surface area contributed by atoms with Crippen LogP contribution in [0.2, 0.25) is 0 Å². The van der Waals surface area contributed by atoms with E-state index < -0.39 is 0 Å². The molecule has 0 aliphatic rings. The van der Waals surface area contributed by atoms with Crippen molar-refractivity contribution in [3.63, 3.8) is 0 Å². The fourth-order valence-electron chi connectivity index (χ4n) is 0.354. The Morgan fingerprint density at radius 2 is 1.79 bits per heavy atom. The summed E-state index contributed by atoms with van der Waals surface area (Å²) in [5.74, 6) is -0.0263. The molecule has 0 bridgehead atoms. The zero-order valence-electron chi connectivity index (χ0n) is 9.89. The molecule has 0 radical (unpaired) electrons. The van der Waals surface area contributed by atoms with Crippen molar-refractivity contribution in [3.8, 4) is 0 Å². The van der Waals surface area contributed by atoms with Crippen LogP contribution in [-0.2, 0) is 4.79 Å². The monoisotopic (exact) mass is 197 g/mol. The first-order chi connectivity index (χ1) is 6.49. The lowest BCUT2D eigenvalue weighted by atomic mass is 10.2. The van der Waals surface area contributed by atoms with Crippen LogP contribution in [0.4, 0.5) is 0 Å². The summed E-state index contributed by atoms with van der Waals surface area (Å²) in [6.45, 7) is 15.0. The quantitative estimate of drug-likeness (QED) is 0.689. The molecule has 0 saturated carbocycles. The maximum Gasteiger partial charge on any atom is 0.226 e. The first kappa shape index (κ1) is 15.4. The highest BCUT2D eigenvalue weighted by Crippen LogP contribution is 1.93. The van der Waals surface area contributed by atoms with Gasteiger partial charge in [-0.3, -0.25) is 4.79 Å². The molecule has 0 spiro atoms. The van der Waals surface area contributed by atoms with E-state index >= 15 is 0 Å². The summed E-state index contributed by atoms with van der Waals surface area (Å²) in [4.78, 5) is 10.9. The Hall–Kier alpha value is -1.05. The molecule has 0 saturated heterocycles. The lowest BCUT2D eigenvalue weighted by molar-refractivity contribution is -0.123. The minimum absolute atomic E-state index is 0.00306.